The molecule has 1 amide bonds. The number of carbonyl (C=O) groups excluding carboxylic acids is 1. The van der Waals surface area contributed by atoms with Crippen LogP contribution in [0.25, 0.3) is 5.65 Å². The van der Waals surface area contributed by atoms with Crippen LogP contribution in [0, 0.1) is 5.41 Å². The zero-order valence-electron chi connectivity index (χ0n) is 20.1. The molecule has 4 aromatic rings. The number of rotatable bonds is 9. The highest BCUT2D eigenvalue weighted by molar-refractivity contribution is 9.10. The van der Waals surface area contributed by atoms with Crippen molar-refractivity contribution >= 4 is 27.5 Å². The van der Waals surface area contributed by atoms with E-state index in [1.165, 1.54) is 0 Å². The summed E-state index contributed by atoms with van der Waals surface area (Å²) in [4.78, 5) is 12.9. The minimum Gasteiger partial charge on any atom is -0.485 e. The van der Waals surface area contributed by atoms with Crippen LogP contribution in [0.5, 0.6) is 5.75 Å². The molecule has 0 saturated carbocycles. The van der Waals surface area contributed by atoms with Gasteiger partial charge in [0.25, 0.3) is 0 Å². The van der Waals surface area contributed by atoms with Crippen molar-refractivity contribution in [3.8, 4) is 5.75 Å². The third kappa shape index (κ3) is 6.46. The lowest BCUT2D eigenvalue weighted by atomic mass is 9.95. The summed E-state index contributed by atoms with van der Waals surface area (Å²) >= 11 is 3.57. The van der Waals surface area contributed by atoms with Crippen LogP contribution in [0.1, 0.15) is 43.8 Å². The van der Waals surface area contributed by atoms with Crippen LogP contribution >= 0.6 is 15.9 Å². The van der Waals surface area contributed by atoms with E-state index in [2.05, 4.69) is 31.4 Å². The number of halogens is 1. The van der Waals surface area contributed by atoms with Crippen molar-refractivity contribution in [3.63, 3.8) is 0 Å². The van der Waals surface area contributed by atoms with E-state index in [0.717, 1.165) is 15.6 Å². The summed E-state index contributed by atoms with van der Waals surface area (Å²) in [5.41, 5.74) is 2.11. The number of hydrogen-bond acceptors (Lipinski definition) is 5. The smallest absolute Gasteiger partial charge is 0.226 e. The highest BCUT2D eigenvalue weighted by Crippen LogP contribution is 2.27. The fraction of sp³-hybridized carbons (Fsp3) is 0.296. The maximum Gasteiger partial charge on any atom is 0.226 e. The van der Waals surface area contributed by atoms with Crippen LogP contribution in [0.2, 0.25) is 0 Å². The summed E-state index contributed by atoms with van der Waals surface area (Å²) in [7, 11) is 0. The minimum absolute atomic E-state index is 0.0990. The van der Waals surface area contributed by atoms with E-state index in [0.29, 0.717) is 30.4 Å². The fourth-order valence-corrected chi connectivity index (χ4v) is 3.87. The standard InChI is InChI=1S/C27H29BrN4O3/c1-27(2,3)26(33)29-22(18-34-16-19-10-6-4-7-11-19)24-30-31-25-23(14-21(28)15-32(24)25)35-17-20-12-8-5-9-13-20/h4-15,22H,16-18H2,1-3H3,(H,29,33)/t22-/m1/s1. The first-order valence-corrected chi connectivity index (χ1v) is 12.2. The van der Waals surface area contributed by atoms with Crippen LogP contribution in [-0.2, 0) is 22.7 Å². The largest absolute Gasteiger partial charge is 0.485 e. The van der Waals surface area contributed by atoms with Crippen LogP contribution in [-0.4, -0.2) is 27.1 Å². The Bertz CT molecular complexity index is 1270. The van der Waals surface area contributed by atoms with Crippen molar-refractivity contribution in [1.82, 2.24) is 19.9 Å². The SMILES string of the molecule is CC(C)(C)C(=O)N[C@H](COCc1ccccc1)c1nnc2c(OCc3ccccc3)cc(Br)cn12. The van der Waals surface area contributed by atoms with Gasteiger partial charge < -0.3 is 14.8 Å². The van der Waals surface area contributed by atoms with Gasteiger partial charge in [0.15, 0.2) is 11.6 Å². The molecule has 0 unspecified atom stereocenters. The van der Waals surface area contributed by atoms with Crippen molar-refractivity contribution in [2.45, 2.75) is 40.0 Å². The average molecular weight is 537 g/mol. The molecular weight excluding hydrogens is 508 g/mol. The highest BCUT2D eigenvalue weighted by Gasteiger charge is 2.28. The second-order valence-corrected chi connectivity index (χ2v) is 10.2. The molecule has 35 heavy (non-hydrogen) atoms. The summed E-state index contributed by atoms with van der Waals surface area (Å²) in [6.07, 6.45) is 1.87. The van der Waals surface area contributed by atoms with Crippen LogP contribution in [0.4, 0.5) is 0 Å². The summed E-state index contributed by atoms with van der Waals surface area (Å²) in [6, 6.07) is 21.2. The second-order valence-electron chi connectivity index (χ2n) is 9.33. The monoisotopic (exact) mass is 536 g/mol. The Balaban J connectivity index is 1.60. The van der Waals surface area contributed by atoms with E-state index < -0.39 is 11.5 Å². The molecule has 2 aromatic carbocycles. The lowest BCUT2D eigenvalue weighted by Crippen LogP contribution is -2.39. The molecule has 0 bridgehead atoms. The fourth-order valence-electron chi connectivity index (χ4n) is 3.45. The molecule has 0 aliphatic carbocycles. The van der Waals surface area contributed by atoms with E-state index in [1.54, 1.807) is 0 Å². The summed E-state index contributed by atoms with van der Waals surface area (Å²) in [6.45, 7) is 6.69. The van der Waals surface area contributed by atoms with Crippen molar-refractivity contribution in [2.24, 2.45) is 5.41 Å². The third-order valence-electron chi connectivity index (χ3n) is 5.40. The number of amides is 1. The molecule has 0 spiro atoms. The Morgan fingerprint density at radius 3 is 2.26 bits per heavy atom. The molecule has 1 N–H and O–H groups in total. The van der Waals surface area contributed by atoms with Gasteiger partial charge in [-0.2, -0.15) is 0 Å². The van der Waals surface area contributed by atoms with Crippen molar-refractivity contribution in [1.29, 1.82) is 0 Å². The van der Waals surface area contributed by atoms with Crippen LogP contribution < -0.4 is 10.1 Å². The molecule has 0 aliphatic heterocycles. The first-order valence-electron chi connectivity index (χ1n) is 11.4. The predicted octanol–water partition coefficient (Wildman–Crippen LogP) is 5.49. The molecule has 0 fully saturated rings. The summed E-state index contributed by atoms with van der Waals surface area (Å²) < 4.78 is 14.7. The van der Waals surface area contributed by atoms with E-state index in [1.807, 2.05) is 98.1 Å². The van der Waals surface area contributed by atoms with Crippen LogP contribution in [0.3, 0.4) is 0 Å². The zero-order valence-corrected chi connectivity index (χ0v) is 21.7. The molecule has 0 aliphatic rings. The van der Waals surface area contributed by atoms with E-state index in [-0.39, 0.29) is 12.5 Å². The number of pyridine rings is 1. The Kier molecular flexibility index (Phi) is 7.83. The number of nitrogens with zero attached hydrogens (tertiary/aromatic N) is 3. The van der Waals surface area contributed by atoms with Gasteiger partial charge in [-0.25, -0.2) is 0 Å². The van der Waals surface area contributed by atoms with Gasteiger partial charge in [0.2, 0.25) is 11.6 Å². The Hall–Kier alpha value is -3.23. The lowest BCUT2D eigenvalue weighted by molar-refractivity contribution is -0.129. The second kappa shape index (κ2) is 11.0. The Morgan fingerprint density at radius 1 is 1.00 bits per heavy atom. The quantitative estimate of drug-likeness (QED) is 0.306. The molecule has 8 heteroatoms. The lowest BCUT2D eigenvalue weighted by Gasteiger charge is -2.23. The normalized spacial score (nSPS) is 12.5. The molecule has 4 rings (SSSR count). The van der Waals surface area contributed by atoms with Gasteiger partial charge in [-0.05, 0) is 33.1 Å². The summed E-state index contributed by atoms with van der Waals surface area (Å²) in [5.74, 6) is 1.06. The maximum atomic E-state index is 12.9. The van der Waals surface area contributed by atoms with Gasteiger partial charge in [0.1, 0.15) is 12.6 Å². The molecule has 0 saturated heterocycles. The van der Waals surface area contributed by atoms with Gasteiger partial charge in [0.05, 0.1) is 13.2 Å². The zero-order chi connectivity index (χ0) is 24.8. The number of benzene rings is 2. The molecule has 1 atom stereocenters. The summed E-state index contributed by atoms with van der Waals surface area (Å²) in [5, 5.41) is 11.9. The molecule has 182 valence electrons. The van der Waals surface area contributed by atoms with Gasteiger partial charge >= 0.3 is 0 Å². The molecular formula is C27H29BrN4O3. The van der Waals surface area contributed by atoms with Gasteiger partial charge in [-0.15, -0.1) is 10.2 Å². The topological polar surface area (TPSA) is 77.8 Å². The number of hydrogen-bond donors (Lipinski definition) is 1. The number of aromatic nitrogens is 3. The van der Waals surface area contributed by atoms with Gasteiger partial charge in [0, 0.05) is 16.1 Å². The first kappa shape index (κ1) is 24.9. The van der Waals surface area contributed by atoms with Crippen molar-refractivity contribution in [2.75, 3.05) is 6.61 Å². The number of carbonyl (C=O) groups is 1. The Labute approximate surface area is 213 Å². The Morgan fingerprint density at radius 2 is 1.63 bits per heavy atom. The van der Waals surface area contributed by atoms with Gasteiger partial charge in [-0.3, -0.25) is 9.20 Å². The molecule has 7 nitrogen and oxygen atoms in total. The van der Waals surface area contributed by atoms with Crippen molar-refractivity contribution < 1.29 is 14.3 Å². The first-order chi connectivity index (χ1) is 16.8. The highest BCUT2D eigenvalue weighted by atomic mass is 79.9. The molecule has 2 aromatic heterocycles. The minimum atomic E-state index is -0.567. The average Bonchev–Trinajstić information content (AvgIpc) is 3.26. The number of nitrogens with one attached hydrogen (secondary N) is 1. The number of ether oxygens (including phenoxy) is 2. The predicted molar refractivity (Wildman–Crippen MR) is 138 cm³/mol. The third-order valence-corrected chi connectivity index (χ3v) is 5.83. The number of fused-ring (bicyclic) bond motifs is 1. The van der Waals surface area contributed by atoms with E-state index in [9.17, 15) is 4.79 Å². The van der Waals surface area contributed by atoms with Crippen LogP contribution in [0.15, 0.2) is 77.4 Å². The van der Waals surface area contributed by atoms with Crippen molar-refractivity contribution in [3.05, 3.63) is 94.4 Å². The maximum absolute atomic E-state index is 12.9. The molecule has 2 heterocycles. The van der Waals surface area contributed by atoms with Gasteiger partial charge in [-0.1, -0.05) is 81.4 Å². The molecule has 0 radical (unpaired) electrons. The van der Waals surface area contributed by atoms with E-state index >= 15 is 0 Å². The van der Waals surface area contributed by atoms with E-state index in [4.69, 9.17) is 9.47 Å².